The van der Waals surface area contributed by atoms with Gasteiger partial charge in [0.2, 0.25) is 0 Å². The number of alkyl halides is 3. The number of hydrogen-bond acceptors (Lipinski definition) is 1. The van der Waals surface area contributed by atoms with Gasteiger partial charge in [0.05, 0.1) is 0 Å². The molecular weight excluding hydrogens is 200 g/mol. The molecule has 0 saturated carbocycles. The van der Waals surface area contributed by atoms with Crippen LogP contribution in [0.1, 0.15) is 5.69 Å². The molecule has 0 unspecified atom stereocenters. The molecular formula is C5H3ClF4N2. The molecule has 12 heavy (non-hydrogen) atoms. The molecule has 68 valence electrons. The lowest BCUT2D eigenvalue weighted by Gasteiger charge is -2.05. The molecule has 0 fully saturated rings. The zero-order chi connectivity index (χ0) is 9.52. The number of aromatic nitrogens is 2. The highest BCUT2D eigenvalue weighted by Gasteiger charge is 2.39. The maximum Gasteiger partial charge on any atom is 0.436 e. The number of rotatable bonds is 0. The second-order valence-corrected chi connectivity index (χ2v) is 2.43. The summed E-state index contributed by atoms with van der Waals surface area (Å²) in [5.41, 5.74) is -1.47. The molecule has 0 spiro atoms. The number of nitrogens with zero attached hydrogens (tertiary/aromatic N) is 2. The summed E-state index contributed by atoms with van der Waals surface area (Å²) in [6, 6.07) is 0. The minimum atomic E-state index is -4.76. The molecule has 2 nitrogen and oxygen atoms in total. The molecule has 0 amide bonds. The fourth-order valence-corrected chi connectivity index (χ4v) is 0.976. The van der Waals surface area contributed by atoms with Gasteiger partial charge in [0.25, 0.3) is 0 Å². The molecule has 1 heterocycles. The van der Waals surface area contributed by atoms with E-state index in [2.05, 4.69) is 5.10 Å². The Bertz CT molecular complexity index is 303. The van der Waals surface area contributed by atoms with Crippen LogP contribution in [-0.4, -0.2) is 9.78 Å². The maximum absolute atomic E-state index is 12.6. The van der Waals surface area contributed by atoms with Gasteiger partial charge < -0.3 is 0 Å². The summed E-state index contributed by atoms with van der Waals surface area (Å²) in [6.45, 7) is 0. The van der Waals surface area contributed by atoms with Gasteiger partial charge >= 0.3 is 6.18 Å². The third kappa shape index (κ3) is 1.38. The Morgan fingerprint density at radius 1 is 1.42 bits per heavy atom. The number of halogens is 5. The topological polar surface area (TPSA) is 17.8 Å². The Morgan fingerprint density at radius 3 is 2.08 bits per heavy atom. The zero-order valence-corrected chi connectivity index (χ0v) is 6.54. The summed E-state index contributed by atoms with van der Waals surface area (Å²) >= 11 is 5.03. The minimum Gasteiger partial charge on any atom is -0.259 e. The normalized spacial score (nSPS) is 12.2. The smallest absolute Gasteiger partial charge is 0.259 e. The molecule has 0 aliphatic rings. The lowest BCUT2D eigenvalue weighted by atomic mass is 10.4. The third-order valence-corrected chi connectivity index (χ3v) is 1.46. The molecule has 0 radical (unpaired) electrons. The number of aryl methyl sites for hydroxylation is 1. The molecule has 1 aromatic heterocycles. The van der Waals surface area contributed by atoms with E-state index in [1.54, 1.807) is 0 Å². The standard InChI is InChI=1S/C5H3ClF4N2/c1-12-3(5(8,9)10)2(7)4(6)11-12/h1H3. The van der Waals surface area contributed by atoms with Gasteiger partial charge in [-0.25, -0.2) is 4.39 Å². The Kier molecular flexibility index (Phi) is 2.03. The SMILES string of the molecule is Cn1nc(Cl)c(F)c1C(F)(F)F. The highest BCUT2D eigenvalue weighted by Crippen LogP contribution is 2.33. The highest BCUT2D eigenvalue weighted by atomic mass is 35.5. The summed E-state index contributed by atoms with van der Waals surface area (Å²) in [6.07, 6.45) is -4.76. The van der Waals surface area contributed by atoms with Crippen LogP contribution in [0.15, 0.2) is 0 Å². The van der Waals surface area contributed by atoms with Crippen molar-refractivity contribution in [2.45, 2.75) is 6.18 Å². The second-order valence-electron chi connectivity index (χ2n) is 2.07. The van der Waals surface area contributed by atoms with Crippen molar-refractivity contribution in [2.75, 3.05) is 0 Å². The Hall–Kier alpha value is -0.780. The maximum atomic E-state index is 12.6. The summed E-state index contributed by atoms with van der Waals surface area (Å²) in [5.74, 6) is -1.54. The van der Waals surface area contributed by atoms with Gasteiger partial charge in [0, 0.05) is 7.05 Å². The van der Waals surface area contributed by atoms with Crippen molar-refractivity contribution in [3.8, 4) is 0 Å². The van der Waals surface area contributed by atoms with E-state index in [0.29, 0.717) is 4.68 Å². The second kappa shape index (κ2) is 2.62. The Morgan fingerprint density at radius 2 is 1.92 bits per heavy atom. The average molecular weight is 203 g/mol. The number of hydrogen-bond donors (Lipinski definition) is 0. The molecule has 0 saturated heterocycles. The molecule has 1 aromatic rings. The lowest BCUT2D eigenvalue weighted by Crippen LogP contribution is -2.13. The molecule has 0 atom stereocenters. The van der Waals surface area contributed by atoms with Crippen LogP contribution < -0.4 is 0 Å². The largest absolute Gasteiger partial charge is 0.436 e. The van der Waals surface area contributed by atoms with Gasteiger partial charge in [-0.15, -0.1) is 0 Å². The van der Waals surface area contributed by atoms with Crippen molar-refractivity contribution in [1.29, 1.82) is 0 Å². The monoisotopic (exact) mass is 202 g/mol. The quantitative estimate of drug-likeness (QED) is 0.590. The van der Waals surface area contributed by atoms with Gasteiger partial charge in [-0.3, -0.25) is 4.68 Å². The van der Waals surface area contributed by atoms with Crippen molar-refractivity contribution in [1.82, 2.24) is 9.78 Å². The van der Waals surface area contributed by atoms with Crippen molar-refractivity contribution >= 4 is 11.6 Å². The van der Waals surface area contributed by atoms with E-state index < -0.39 is 22.8 Å². The molecule has 0 aliphatic heterocycles. The van der Waals surface area contributed by atoms with Crippen molar-refractivity contribution < 1.29 is 17.6 Å². The van der Waals surface area contributed by atoms with Crippen molar-refractivity contribution in [3.05, 3.63) is 16.7 Å². The van der Waals surface area contributed by atoms with Gasteiger partial charge in [0.1, 0.15) is 0 Å². The molecule has 7 heteroatoms. The first-order chi connectivity index (χ1) is 5.34. The predicted octanol–water partition coefficient (Wildman–Crippen LogP) is 2.23. The molecule has 0 aromatic carbocycles. The first-order valence-corrected chi connectivity index (χ1v) is 3.17. The van der Waals surface area contributed by atoms with E-state index in [1.165, 1.54) is 0 Å². The highest BCUT2D eigenvalue weighted by molar-refractivity contribution is 6.29. The first kappa shape index (κ1) is 9.31. The van der Waals surface area contributed by atoms with Gasteiger partial charge in [-0.1, -0.05) is 11.6 Å². The van der Waals surface area contributed by atoms with Gasteiger partial charge in [-0.2, -0.15) is 18.3 Å². The first-order valence-electron chi connectivity index (χ1n) is 2.79. The van der Waals surface area contributed by atoms with E-state index >= 15 is 0 Å². The summed E-state index contributed by atoms with van der Waals surface area (Å²) in [5, 5.41) is 2.29. The van der Waals surface area contributed by atoms with E-state index in [4.69, 9.17) is 11.6 Å². The summed E-state index contributed by atoms with van der Waals surface area (Å²) in [4.78, 5) is 0. The summed E-state index contributed by atoms with van der Waals surface area (Å²) < 4.78 is 48.8. The summed E-state index contributed by atoms with van der Waals surface area (Å²) in [7, 11) is 0.970. The average Bonchev–Trinajstić information content (AvgIpc) is 2.05. The van der Waals surface area contributed by atoms with E-state index in [0.717, 1.165) is 7.05 Å². The third-order valence-electron chi connectivity index (χ3n) is 1.22. The minimum absolute atomic E-state index is 0.359. The van der Waals surface area contributed by atoms with Crippen LogP contribution in [0.25, 0.3) is 0 Å². The van der Waals surface area contributed by atoms with Crippen LogP contribution in [-0.2, 0) is 13.2 Å². The van der Waals surface area contributed by atoms with Crippen molar-refractivity contribution in [3.63, 3.8) is 0 Å². The molecule has 0 bridgehead atoms. The molecule has 1 rings (SSSR count). The van der Waals surface area contributed by atoms with Crippen LogP contribution in [0.3, 0.4) is 0 Å². The molecule has 0 N–H and O–H groups in total. The lowest BCUT2D eigenvalue weighted by molar-refractivity contribution is -0.146. The van der Waals surface area contributed by atoms with E-state index in [1.807, 2.05) is 0 Å². The Labute approximate surface area is 69.7 Å². The predicted molar refractivity (Wildman–Crippen MR) is 33.2 cm³/mol. The van der Waals surface area contributed by atoms with Crippen molar-refractivity contribution in [2.24, 2.45) is 7.05 Å². The van der Waals surface area contributed by atoms with Crippen LogP contribution >= 0.6 is 11.6 Å². The van der Waals surface area contributed by atoms with E-state index in [-0.39, 0.29) is 0 Å². The fourth-order valence-electron chi connectivity index (χ4n) is 0.773. The van der Waals surface area contributed by atoms with E-state index in [9.17, 15) is 17.6 Å². The zero-order valence-electron chi connectivity index (χ0n) is 5.78. The van der Waals surface area contributed by atoms with Gasteiger partial charge in [-0.05, 0) is 0 Å². The van der Waals surface area contributed by atoms with Crippen LogP contribution in [0.5, 0.6) is 0 Å². The van der Waals surface area contributed by atoms with Crippen LogP contribution in [0.4, 0.5) is 17.6 Å². The Balaban J connectivity index is 3.32. The van der Waals surface area contributed by atoms with Crippen LogP contribution in [0, 0.1) is 5.82 Å². The molecule has 0 aliphatic carbocycles. The fraction of sp³-hybridized carbons (Fsp3) is 0.400. The van der Waals surface area contributed by atoms with Gasteiger partial charge in [0.15, 0.2) is 16.7 Å². The van der Waals surface area contributed by atoms with Crippen LogP contribution in [0.2, 0.25) is 5.15 Å².